The number of nitrogens with zero attached hydrogens (tertiary/aromatic N) is 1. The lowest BCUT2D eigenvalue weighted by Gasteiger charge is -2.28. The van der Waals surface area contributed by atoms with E-state index in [1.807, 2.05) is 37.3 Å². The first-order chi connectivity index (χ1) is 19.9. The van der Waals surface area contributed by atoms with Crippen LogP contribution in [0.25, 0.3) is 5.76 Å². The summed E-state index contributed by atoms with van der Waals surface area (Å²) in [6, 6.07) is 10.1. The van der Waals surface area contributed by atoms with Gasteiger partial charge in [0.15, 0.2) is 11.5 Å². The van der Waals surface area contributed by atoms with Crippen molar-refractivity contribution in [1.82, 2.24) is 4.90 Å². The average Bonchev–Trinajstić information content (AvgIpc) is 3.48. The monoisotopic (exact) mass is 565 g/mol. The lowest BCUT2D eigenvalue weighted by atomic mass is 9.94. The number of unbranched alkanes of at least 4 members (excludes halogenated alkanes) is 1. The maximum absolute atomic E-state index is 13.5. The molecule has 2 N–H and O–H groups in total. The third-order valence-corrected chi connectivity index (χ3v) is 8.10. The SMILES string of the molecule is CCCCOc1ccc([C@H]2C(=C(O)c3ccc4c(c3)C[C@@H](C)O4)C(=O)C(=O)N2CCC[NH+]2CCOCC2)cc1OC. The number of amides is 1. The van der Waals surface area contributed by atoms with Crippen molar-refractivity contribution in [3.05, 3.63) is 58.7 Å². The van der Waals surface area contributed by atoms with Crippen molar-refractivity contribution in [3.8, 4) is 17.2 Å². The minimum absolute atomic E-state index is 0.0482. The molecule has 3 aliphatic rings. The van der Waals surface area contributed by atoms with E-state index in [0.29, 0.717) is 35.8 Å². The molecule has 1 amide bonds. The molecule has 41 heavy (non-hydrogen) atoms. The van der Waals surface area contributed by atoms with Gasteiger partial charge in [-0.15, -0.1) is 0 Å². The molecule has 220 valence electrons. The highest BCUT2D eigenvalue weighted by Crippen LogP contribution is 2.42. The summed E-state index contributed by atoms with van der Waals surface area (Å²) in [7, 11) is 1.57. The number of hydrogen-bond acceptors (Lipinski definition) is 7. The van der Waals surface area contributed by atoms with Crippen LogP contribution in [0.2, 0.25) is 0 Å². The fourth-order valence-electron chi connectivity index (χ4n) is 5.89. The van der Waals surface area contributed by atoms with Crippen LogP contribution in [0.3, 0.4) is 0 Å². The molecule has 2 fully saturated rings. The fraction of sp³-hybridized carbons (Fsp3) is 0.500. The number of likely N-dealkylation sites (tertiary alicyclic amines) is 1. The predicted octanol–water partition coefficient (Wildman–Crippen LogP) is 2.92. The smallest absolute Gasteiger partial charge is 0.295 e. The van der Waals surface area contributed by atoms with Crippen molar-refractivity contribution in [2.45, 2.75) is 51.7 Å². The summed E-state index contributed by atoms with van der Waals surface area (Å²) in [4.78, 5) is 30.0. The second-order valence-corrected chi connectivity index (χ2v) is 11.0. The lowest BCUT2D eigenvalue weighted by Crippen LogP contribution is -3.14. The Balaban J connectivity index is 1.50. The summed E-state index contributed by atoms with van der Waals surface area (Å²) in [6.45, 7) is 9.25. The maximum Gasteiger partial charge on any atom is 0.295 e. The Morgan fingerprint density at radius 2 is 1.90 bits per heavy atom. The molecule has 0 bridgehead atoms. The van der Waals surface area contributed by atoms with E-state index in [4.69, 9.17) is 18.9 Å². The first kappa shape index (κ1) is 29.0. The number of carbonyl (C=O) groups is 2. The molecule has 2 aromatic rings. The lowest BCUT2D eigenvalue weighted by molar-refractivity contribution is -0.908. The van der Waals surface area contributed by atoms with Crippen LogP contribution in [0.4, 0.5) is 0 Å². The zero-order chi connectivity index (χ0) is 28.9. The molecule has 2 saturated heterocycles. The Hall–Kier alpha value is -3.56. The van der Waals surface area contributed by atoms with Crippen LogP contribution in [-0.4, -0.2) is 80.9 Å². The van der Waals surface area contributed by atoms with Gasteiger partial charge in [-0.3, -0.25) is 9.59 Å². The molecule has 5 rings (SSSR count). The molecule has 0 aliphatic carbocycles. The number of hydrogen-bond donors (Lipinski definition) is 2. The number of carbonyl (C=O) groups excluding carboxylic acids is 2. The third-order valence-electron chi connectivity index (χ3n) is 8.10. The summed E-state index contributed by atoms with van der Waals surface area (Å²) in [5.74, 6) is 0.433. The first-order valence-corrected chi connectivity index (χ1v) is 14.7. The van der Waals surface area contributed by atoms with E-state index in [9.17, 15) is 14.7 Å². The minimum atomic E-state index is -0.753. The van der Waals surface area contributed by atoms with Crippen molar-refractivity contribution in [2.24, 2.45) is 0 Å². The van der Waals surface area contributed by atoms with Crippen LogP contribution in [-0.2, 0) is 20.7 Å². The standard InChI is InChI=1S/C32H40N2O7/c1-4-5-15-40-26-10-7-22(20-27(26)38-3)29-28(30(35)23-8-9-25-24(19-23)18-21(2)41-25)31(36)32(37)34(29)12-6-11-33-13-16-39-17-14-33/h7-10,19-21,29,35H,4-6,11-18H2,1-3H3/p+1/t21-,29+/m1/s1. The third kappa shape index (κ3) is 6.21. The highest BCUT2D eigenvalue weighted by molar-refractivity contribution is 6.46. The van der Waals surface area contributed by atoms with Gasteiger partial charge in [0, 0.05) is 24.9 Å². The Bertz CT molecular complexity index is 1300. The summed E-state index contributed by atoms with van der Waals surface area (Å²) >= 11 is 0. The Morgan fingerprint density at radius 3 is 2.66 bits per heavy atom. The number of aliphatic hydroxyl groups excluding tert-OH is 1. The van der Waals surface area contributed by atoms with Gasteiger partial charge in [-0.05, 0) is 54.8 Å². The van der Waals surface area contributed by atoms with Crippen molar-refractivity contribution >= 4 is 17.4 Å². The van der Waals surface area contributed by atoms with E-state index in [2.05, 4.69) is 6.92 Å². The van der Waals surface area contributed by atoms with Crippen LogP contribution in [0.1, 0.15) is 55.8 Å². The highest BCUT2D eigenvalue weighted by atomic mass is 16.5. The van der Waals surface area contributed by atoms with E-state index >= 15 is 0 Å². The second kappa shape index (κ2) is 13.0. The van der Waals surface area contributed by atoms with Crippen molar-refractivity contribution in [3.63, 3.8) is 0 Å². The van der Waals surface area contributed by atoms with Crippen LogP contribution in [0.5, 0.6) is 17.2 Å². The molecule has 0 aromatic heterocycles. The Labute approximate surface area is 241 Å². The number of benzene rings is 2. The number of quaternary nitrogens is 1. The van der Waals surface area contributed by atoms with E-state index < -0.39 is 17.7 Å². The molecular formula is C32H41N2O7+. The van der Waals surface area contributed by atoms with Crippen LogP contribution < -0.4 is 19.1 Å². The number of ketones is 1. The number of aliphatic hydroxyl groups is 1. The fourth-order valence-corrected chi connectivity index (χ4v) is 5.89. The van der Waals surface area contributed by atoms with Gasteiger partial charge in [0.1, 0.15) is 30.7 Å². The Morgan fingerprint density at radius 1 is 1.10 bits per heavy atom. The van der Waals surface area contributed by atoms with Gasteiger partial charge in [0.05, 0.1) is 45.1 Å². The number of Topliss-reactive ketones (excluding diaryl/α,β-unsaturated/α-hetero) is 1. The number of morpholine rings is 1. The number of fused-ring (bicyclic) bond motifs is 1. The normalized spacial score (nSPS) is 22.1. The highest BCUT2D eigenvalue weighted by Gasteiger charge is 2.46. The number of nitrogens with one attached hydrogen (secondary N) is 1. The van der Waals surface area contributed by atoms with Crippen molar-refractivity contribution in [2.75, 3.05) is 53.1 Å². The summed E-state index contributed by atoms with van der Waals surface area (Å²) < 4.78 is 22.9. The quantitative estimate of drug-likeness (QED) is 0.187. The summed E-state index contributed by atoms with van der Waals surface area (Å²) in [5.41, 5.74) is 2.23. The average molecular weight is 566 g/mol. The molecule has 0 spiro atoms. The zero-order valence-electron chi connectivity index (χ0n) is 24.2. The van der Waals surface area contributed by atoms with Gasteiger partial charge in [-0.1, -0.05) is 19.4 Å². The van der Waals surface area contributed by atoms with Crippen LogP contribution in [0.15, 0.2) is 42.0 Å². The maximum atomic E-state index is 13.5. The number of methoxy groups -OCH3 is 1. The van der Waals surface area contributed by atoms with E-state index in [1.54, 1.807) is 18.1 Å². The minimum Gasteiger partial charge on any atom is -0.507 e. The van der Waals surface area contributed by atoms with Gasteiger partial charge < -0.3 is 33.9 Å². The summed E-state index contributed by atoms with van der Waals surface area (Å²) in [6.07, 6.45) is 3.42. The molecular weight excluding hydrogens is 524 g/mol. The predicted molar refractivity (Wildman–Crippen MR) is 154 cm³/mol. The molecule has 2 aromatic carbocycles. The molecule has 0 radical (unpaired) electrons. The number of ether oxygens (including phenoxy) is 4. The zero-order valence-corrected chi connectivity index (χ0v) is 24.2. The summed E-state index contributed by atoms with van der Waals surface area (Å²) in [5, 5.41) is 11.6. The molecule has 3 aliphatic heterocycles. The van der Waals surface area contributed by atoms with Crippen molar-refractivity contribution < 1.29 is 38.5 Å². The van der Waals surface area contributed by atoms with Gasteiger partial charge in [-0.25, -0.2) is 0 Å². The topological polar surface area (TPSA) is 99.0 Å². The van der Waals surface area contributed by atoms with E-state index in [0.717, 1.165) is 69.8 Å². The Kier molecular flexibility index (Phi) is 9.15. The number of rotatable bonds is 11. The largest absolute Gasteiger partial charge is 0.507 e. The molecule has 0 unspecified atom stereocenters. The van der Waals surface area contributed by atoms with Crippen molar-refractivity contribution in [1.29, 1.82) is 0 Å². The molecule has 0 saturated carbocycles. The van der Waals surface area contributed by atoms with Gasteiger partial charge in [0.2, 0.25) is 0 Å². The van der Waals surface area contributed by atoms with E-state index in [1.165, 1.54) is 4.90 Å². The molecule has 3 heterocycles. The van der Waals surface area contributed by atoms with Crippen LogP contribution >= 0.6 is 0 Å². The van der Waals surface area contributed by atoms with Gasteiger partial charge in [0.25, 0.3) is 11.7 Å². The van der Waals surface area contributed by atoms with E-state index in [-0.39, 0.29) is 17.4 Å². The molecule has 2 atom stereocenters. The second-order valence-electron chi connectivity index (χ2n) is 11.0. The van der Waals surface area contributed by atoms with Crippen LogP contribution in [0, 0.1) is 0 Å². The molecule has 9 heteroatoms. The first-order valence-electron chi connectivity index (χ1n) is 14.7. The van der Waals surface area contributed by atoms with Gasteiger partial charge in [-0.2, -0.15) is 0 Å². The van der Waals surface area contributed by atoms with Gasteiger partial charge >= 0.3 is 0 Å². The molecule has 9 nitrogen and oxygen atoms in total.